The third-order valence-electron chi connectivity index (χ3n) is 5.38. The summed E-state index contributed by atoms with van der Waals surface area (Å²) in [7, 11) is 0. The summed E-state index contributed by atoms with van der Waals surface area (Å²) in [6.07, 6.45) is 0. The molecular formula is C30H29N3O4. The Morgan fingerprint density at radius 2 is 1.30 bits per heavy atom. The number of rotatable bonds is 12. The fourth-order valence-corrected chi connectivity index (χ4v) is 3.51. The second-order valence-corrected chi connectivity index (χ2v) is 8.19. The molecule has 0 spiro atoms. The van der Waals surface area contributed by atoms with Gasteiger partial charge in [0.25, 0.3) is 5.91 Å². The van der Waals surface area contributed by atoms with Crippen LogP contribution in [-0.2, 0) is 11.3 Å². The monoisotopic (exact) mass is 495 g/mol. The van der Waals surface area contributed by atoms with Crippen molar-refractivity contribution in [1.29, 1.82) is 0 Å². The maximum atomic E-state index is 12.5. The van der Waals surface area contributed by atoms with Gasteiger partial charge in [-0.2, -0.15) is 0 Å². The Morgan fingerprint density at radius 3 is 2.00 bits per heavy atom. The van der Waals surface area contributed by atoms with Crippen molar-refractivity contribution in [3.63, 3.8) is 0 Å². The zero-order chi connectivity index (χ0) is 25.7. The number of hydrogen-bond donors (Lipinski definition) is 3. The first kappa shape index (κ1) is 25.3. The van der Waals surface area contributed by atoms with Crippen LogP contribution in [0.1, 0.15) is 15.9 Å². The van der Waals surface area contributed by atoms with E-state index in [0.29, 0.717) is 42.4 Å². The molecule has 0 bridgehead atoms. The highest BCUT2D eigenvalue weighted by Gasteiger charge is 2.08. The number of carbonyl (C=O) groups is 2. The van der Waals surface area contributed by atoms with E-state index in [9.17, 15) is 9.59 Å². The molecular weight excluding hydrogens is 466 g/mol. The summed E-state index contributed by atoms with van der Waals surface area (Å²) < 4.78 is 11.3. The average molecular weight is 496 g/mol. The molecule has 4 rings (SSSR count). The van der Waals surface area contributed by atoms with Crippen molar-refractivity contribution in [2.45, 2.75) is 6.54 Å². The van der Waals surface area contributed by atoms with Crippen LogP contribution >= 0.6 is 0 Å². The van der Waals surface area contributed by atoms with Gasteiger partial charge in [0, 0.05) is 23.5 Å². The standard InChI is InChI=1S/C30H29N3O4/c34-29(33-25-14-16-28(17-15-25)37-19-18-36-27-12-5-2-6-13-27)22-31-26-11-7-10-24(20-26)30(35)32-21-23-8-3-1-4-9-23/h1-17,20,31H,18-19,21-22H2,(H,32,35)(H,33,34). The minimum Gasteiger partial charge on any atom is -0.490 e. The van der Waals surface area contributed by atoms with Crippen molar-refractivity contribution < 1.29 is 19.1 Å². The number of anilines is 2. The Balaban J connectivity index is 1.18. The minimum absolute atomic E-state index is 0.0597. The van der Waals surface area contributed by atoms with E-state index in [0.717, 1.165) is 11.3 Å². The maximum Gasteiger partial charge on any atom is 0.251 e. The Morgan fingerprint density at radius 1 is 0.649 bits per heavy atom. The van der Waals surface area contributed by atoms with Crippen LogP contribution in [0.15, 0.2) is 109 Å². The summed E-state index contributed by atoms with van der Waals surface area (Å²) in [4.78, 5) is 24.9. The molecule has 4 aromatic carbocycles. The van der Waals surface area contributed by atoms with Gasteiger partial charge in [-0.15, -0.1) is 0 Å². The fraction of sp³-hybridized carbons (Fsp3) is 0.133. The lowest BCUT2D eigenvalue weighted by Crippen LogP contribution is -2.23. The van der Waals surface area contributed by atoms with E-state index in [4.69, 9.17) is 9.47 Å². The first-order valence-corrected chi connectivity index (χ1v) is 12.0. The van der Waals surface area contributed by atoms with Gasteiger partial charge in [0.05, 0.1) is 6.54 Å². The number of nitrogens with one attached hydrogen (secondary N) is 3. The Bertz CT molecular complexity index is 1280. The fourth-order valence-electron chi connectivity index (χ4n) is 3.51. The predicted octanol–water partition coefficient (Wildman–Crippen LogP) is 5.13. The van der Waals surface area contributed by atoms with Crippen molar-refractivity contribution in [2.75, 3.05) is 30.4 Å². The molecule has 0 aliphatic heterocycles. The van der Waals surface area contributed by atoms with Gasteiger partial charge in [0.15, 0.2) is 0 Å². The number of hydrogen-bond acceptors (Lipinski definition) is 5. The van der Waals surface area contributed by atoms with Crippen LogP contribution < -0.4 is 25.4 Å². The summed E-state index contributed by atoms with van der Waals surface area (Å²) in [6.45, 7) is 1.35. The Hall–Kier alpha value is -4.78. The molecule has 0 saturated heterocycles. The molecule has 0 aliphatic carbocycles. The van der Waals surface area contributed by atoms with E-state index in [1.165, 1.54) is 0 Å². The number of para-hydroxylation sites is 1. The first-order chi connectivity index (χ1) is 18.2. The van der Waals surface area contributed by atoms with Crippen LogP contribution in [0, 0.1) is 0 Å². The van der Waals surface area contributed by atoms with Crippen LogP contribution in [0.25, 0.3) is 0 Å². The summed E-state index contributed by atoms with van der Waals surface area (Å²) in [5.74, 6) is 1.11. The van der Waals surface area contributed by atoms with Gasteiger partial charge in [-0.05, 0) is 60.2 Å². The molecule has 2 amide bonds. The lowest BCUT2D eigenvalue weighted by molar-refractivity contribution is -0.114. The molecule has 0 fully saturated rings. The molecule has 37 heavy (non-hydrogen) atoms. The van der Waals surface area contributed by atoms with Crippen LogP contribution in [-0.4, -0.2) is 31.6 Å². The SMILES string of the molecule is O=C(CNc1cccc(C(=O)NCc2ccccc2)c1)Nc1ccc(OCCOc2ccccc2)cc1. The van der Waals surface area contributed by atoms with E-state index in [1.807, 2.05) is 66.7 Å². The van der Waals surface area contributed by atoms with Crippen molar-refractivity contribution in [2.24, 2.45) is 0 Å². The van der Waals surface area contributed by atoms with Crippen molar-refractivity contribution in [3.05, 3.63) is 120 Å². The van der Waals surface area contributed by atoms with Crippen LogP contribution in [0.4, 0.5) is 11.4 Å². The average Bonchev–Trinajstić information content (AvgIpc) is 2.95. The molecule has 0 heterocycles. The number of benzene rings is 4. The van der Waals surface area contributed by atoms with Crippen molar-refractivity contribution in [1.82, 2.24) is 5.32 Å². The molecule has 0 saturated carbocycles. The number of carbonyl (C=O) groups excluding carboxylic acids is 2. The largest absolute Gasteiger partial charge is 0.490 e. The van der Waals surface area contributed by atoms with Crippen molar-refractivity contribution in [3.8, 4) is 11.5 Å². The second kappa shape index (κ2) is 13.3. The van der Waals surface area contributed by atoms with Gasteiger partial charge >= 0.3 is 0 Å². The van der Waals surface area contributed by atoms with Gasteiger partial charge in [-0.1, -0.05) is 54.6 Å². The third-order valence-corrected chi connectivity index (χ3v) is 5.38. The summed E-state index contributed by atoms with van der Waals surface area (Å²) >= 11 is 0. The smallest absolute Gasteiger partial charge is 0.251 e. The van der Waals surface area contributed by atoms with Crippen LogP contribution in [0.3, 0.4) is 0 Å². The lowest BCUT2D eigenvalue weighted by atomic mass is 10.1. The van der Waals surface area contributed by atoms with E-state index >= 15 is 0 Å². The van der Waals surface area contributed by atoms with Crippen LogP contribution in [0.2, 0.25) is 0 Å². The van der Waals surface area contributed by atoms with Gasteiger partial charge in [-0.3, -0.25) is 9.59 Å². The normalized spacial score (nSPS) is 10.3. The highest BCUT2D eigenvalue weighted by atomic mass is 16.5. The molecule has 0 radical (unpaired) electrons. The van der Waals surface area contributed by atoms with E-state index in [-0.39, 0.29) is 18.4 Å². The molecule has 3 N–H and O–H groups in total. The molecule has 0 unspecified atom stereocenters. The quantitative estimate of drug-likeness (QED) is 0.237. The molecule has 0 aromatic heterocycles. The summed E-state index contributed by atoms with van der Waals surface area (Å²) in [6, 6.07) is 33.5. The zero-order valence-electron chi connectivity index (χ0n) is 20.4. The van der Waals surface area contributed by atoms with E-state index in [2.05, 4.69) is 16.0 Å². The molecule has 0 aliphatic rings. The molecule has 7 heteroatoms. The lowest BCUT2D eigenvalue weighted by Gasteiger charge is -2.11. The van der Waals surface area contributed by atoms with Crippen LogP contribution in [0.5, 0.6) is 11.5 Å². The Kier molecular flexibility index (Phi) is 9.13. The third kappa shape index (κ3) is 8.43. The minimum atomic E-state index is -0.205. The predicted molar refractivity (Wildman–Crippen MR) is 145 cm³/mol. The highest BCUT2D eigenvalue weighted by Crippen LogP contribution is 2.16. The maximum absolute atomic E-state index is 12.5. The van der Waals surface area contributed by atoms with Gasteiger partial charge in [-0.25, -0.2) is 0 Å². The van der Waals surface area contributed by atoms with Gasteiger partial charge in [0.1, 0.15) is 24.7 Å². The topological polar surface area (TPSA) is 88.7 Å². The molecule has 0 atom stereocenters. The first-order valence-electron chi connectivity index (χ1n) is 12.0. The van der Waals surface area contributed by atoms with E-state index in [1.54, 1.807) is 42.5 Å². The zero-order valence-corrected chi connectivity index (χ0v) is 20.4. The Labute approximate surface area is 216 Å². The highest BCUT2D eigenvalue weighted by molar-refractivity contribution is 5.96. The molecule has 188 valence electrons. The van der Waals surface area contributed by atoms with Gasteiger partial charge < -0.3 is 25.4 Å². The second-order valence-electron chi connectivity index (χ2n) is 8.19. The van der Waals surface area contributed by atoms with Crippen molar-refractivity contribution >= 4 is 23.2 Å². The van der Waals surface area contributed by atoms with Gasteiger partial charge in [0.2, 0.25) is 5.91 Å². The summed E-state index contributed by atoms with van der Waals surface area (Å²) in [5, 5.41) is 8.81. The molecule has 4 aromatic rings. The molecule has 7 nitrogen and oxygen atoms in total. The van der Waals surface area contributed by atoms with E-state index < -0.39 is 0 Å². The number of ether oxygens (including phenoxy) is 2. The number of amides is 2. The summed E-state index contributed by atoms with van der Waals surface area (Å²) in [5.41, 5.74) is 2.89.